The summed E-state index contributed by atoms with van der Waals surface area (Å²) in [5, 5.41) is 8.29. The van der Waals surface area contributed by atoms with Crippen LogP contribution in [0, 0.1) is 0 Å². The van der Waals surface area contributed by atoms with Crippen LogP contribution in [0.5, 0.6) is 0 Å². The van der Waals surface area contributed by atoms with Gasteiger partial charge in [0, 0.05) is 20.1 Å². The van der Waals surface area contributed by atoms with Crippen molar-refractivity contribution in [3.63, 3.8) is 0 Å². The topological polar surface area (TPSA) is 73.5 Å². The molecule has 2 saturated heterocycles. The summed E-state index contributed by atoms with van der Waals surface area (Å²) in [7, 11) is 1.90. The highest BCUT2D eigenvalue weighted by molar-refractivity contribution is 6.07. The van der Waals surface area contributed by atoms with Gasteiger partial charge in [0.2, 0.25) is 0 Å². The van der Waals surface area contributed by atoms with Gasteiger partial charge in [0.05, 0.1) is 11.4 Å². The number of piperidine rings is 1. The summed E-state index contributed by atoms with van der Waals surface area (Å²) in [5.74, 6) is -0.191. The van der Waals surface area contributed by atoms with Crippen molar-refractivity contribution in [2.75, 3.05) is 30.4 Å². The molecule has 106 valence electrons. The zero-order chi connectivity index (χ0) is 14.2. The second-order valence-electron chi connectivity index (χ2n) is 5.24. The highest BCUT2D eigenvalue weighted by Crippen LogP contribution is 2.32. The Morgan fingerprint density at radius 1 is 1.20 bits per heavy atom. The van der Waals surface area contributed by atoms with Crippen LogP contribution in [0.4, 0.5) is 16.2 Å². The summed E-state index contributed by atoms with van der Waals surface area (Å²) < 4.78 is 0. The van der Waals surface area contributed by atoms with Crippen molar-refractivity contribution in [1.82, 2.24) is 10.6 Å². The van der Waals surface area contributed by atoms with Crippen molar-refractivity contribution in [3.05, 3.63) is 24.3 Å². The van der Waals surface area contributed by atoms with Crippen LogP contribution in [0.3, 0.4) is 0 Å². The molecule has 20 heavy (non-hydrogen) atoms. The summed E-state index contributed by atoms with van der Waals surface area (Å²) in [6.45, 7) is 1.48. The number of carbonyl (C=O) groups is 2. The van der Waals surface area contributed by atoms with Crippen molar-refractivity contribution in [1.29, 1.82) is 0 Å². The summed E-state index contributed by atoms with van der Waals surface area (Å²) in [6.07, 6.45) is 1.26. The van der Waals surface area contributed by atoms with Crippen molar-refractivity contribution < 1.29 is 9.59 Å². The second kappa shape index (κ2) is 4.70. The van der Waals surface area contributed by atoms with Gasteiger partial charge in [0.15, 0.2) is 0 Å². The molecule has 0 unspecified atom stereocenters. The molecule has 3 N–H and O–H groups in total. The van der Waals surface area contributed by atoms with Crippen LogP contribution < -0.4 is 20.9 Å². The van der Waals surface area contributed by atoms with Gasteiger partial charge >= 0.3 is 6.03 Å². The predicted molar refractivity (Wildman–Crippen MR) is 76.8 cm³/mol. The fourth-order valence-electron chi connectivity index (χ4n) is 2.97. The van der Waals surface area contributed by atoms with Gasteiger partial charge in [-0.15, -0.1) is 0 Å². The van der Waals surface area contributed by atoms with Crippen molar-refractivity contribution in [2.45, 2.75) is 18.4 Å². The van der Waals surface area contributed by atoms with Crippen LogP contribution in [0.2, 0.25) is 0 Å². The van der Waals surface area contributed by atoms with Crippen LogP contribution in [0.15, 0.2) is 24.3 Å². The minimum atomic E-state index is -0.706. The molecule has 2 aliphatic rings. The van der Waals surface area contributed by atoms with Crippen LogP contribution in [-0.4, -0.2) is 37.6 Å². The molecule has 2 fully saturated rings. The zero-order valence-electron chi connectivity index (χ0n) is 11.4. The minimum absolute atomic E-state index is 0.191. The van der Waals surface area contributed by atoms with Crippen molar-refractivity contribution in [3.8, 4) is 0 Å². The average Bonchev–Trinajstić information content (AvgIpc) is 2.74. The molecule has 1 aromatic rings. The number of rotatable bonds is 2. The van der Waals surface area contributed by atoms with E-state index < -0.39 is 5.54 Å². The molecular weight excluding hydrogens is 256 g/mol. The molecule has 6 nitrogen and oxygen atoms in total. The Labute approximate surface area is 117 Å². The van der Waals surface area contributed by atoms with Crippen LogP contribution in [0.1, 0.15) is 12.8 Å². The third kappa shape index (κ3) is 1.97. The maximum atomic E-state index is 11.9. The molecule has 0 aliphatic carbocycles. The number of benzene rings is 1. The molecular formula is C14H18N4O2. The lowest BCUT2D eigenvalue weighted by atomic mass is 9.87. The Bertz CT molecular complexity index is 550. The van der Waals surface area contributed by atoms with Crippen molar-refractivity contribution in [2.24, 2.45) is 0 Å². The van der Waals surface area contributed by atoms with Gasteiger partial charge in [0.1, 0.15) is 5.54 Å². The first-order valence-electron chi connectivity index (χ1n) is 6.80. The van der Waals surface area contributed by atoms with Gasteiger partial charge in [-0.3, -0.25) is 10.1 Å². The van der Waals surface area contributed by atoms with Gasteiger partial charge in [-0.1, -0.05) is 12.1 Å². The molecule has 2 heterocycles. The molecule has 1 aromatic carbocycles. The maximum Gasteiger partial charge on any atom is 0.322 e. The summed E-state index contributed by atoms with van der Waals surface area (Å²) in [4.78, 5) is 25.5. The Kier molecular flexibility index (Phi) is 3.00. The standard InChI is InChI=1S/C14H18N4O2/c1-15-10-4-2-3-5-11(10)18-8-6-14(7-9-18)12(19)16-13(20)17-14/h2-5,15H,6-9H2,1H3,(H2,16,17,19,20). The first-order chi connectivity index (χ1) is 9.64. The number of amides is 3. The molecule has 6 heteroatoms. The number of nitrogens with zero attached hydrogens (tertiary/aromatic N) is 1. The first kappa shape index (κ1) is 12.8. The molecule has 0 aromatic heterocycles. The molecule has 1 spiro atoms. The largest absolute Gasteiger partial charge is 0.386 e. The maximum absolute atomic E-state index is 11.9. The van der Waals surface area contributed by atoms with Crippen LogP contribution >= 0.6 is 0 Å². The molecule has 2 aliphatic heterocycles. The number of urea groups is 1. The van der Waals surface area contributed by atoms with Gasteiger partial charge in [-0.25, -0.2) is 4.79 Å². The highest BCUT2D eigenvalue weighted by atomic mass is 16.2. The Balaban J connectivity index is 1.76. The monoisotopic (exact) mass is 274 g/mol. The lowest BCUT2D eigenvalue weighted by molar-refractivity contribution is -0.124. The van der Waals surface area contributed by atoms with E-state index in [-0.39, 0.29) is 11.9 Å². The lowest BCUT2D eigenvalue weighted by Crippen LogP contribution is -2.55. The number of carbonyl (C=O) groups excluding carboxylic acids is 2. The van der Waals surface area contributed by atoms with Gasteiger partial charge in [-0.2, -0.15) is 0 Å². The molecule has 0 bridgehead atoms. The zero-order valence-corrected chi connectivity index (χ0v) is 11.4. The minimum Gasteiger partial charge on any atom is -0.386 e. The molecule has 3 amide bonds. The van der Waals surface area contributed by atoms with E-state index in [1.54, 1.807) is 0 Å². The summed E-state index contributed by atoms with van der Waals surface area (Å²) >= 11 is 0. The Morgan fingerprint density at radius 3 is 2.50 bits per heavy atom. The fourth-order valence-corrected chi connectivity index (χ4v) is 2.97. The predicted octanol–water partition coefficient (Wildman–Crippen LogP) is 0.907. The van der Waals surface area contributed by atoms with Gasteiger partial charge in [0.25, 0.3) is 5.91 Å². The molecule has 0 radical (unpaired) electrons. The van der Waals surface area contributed by atoms with E-state index in [1.807, 2.05) is 25.2 Å². The van der Waals surface area contributed by atoms with E-state index in [0.717, 1.165) is 24.5 Å². The van der Waals surface area contributed by atoms with Crippen molar-refractivity contribution >= 4 is 23.3 Å². The van der Waals surface area contributed by atoms with Crippen LogP contribution in [0.25, 0.3) is 0 Å². The third-order valence-electron chi connectivity index (χ3n) is 4.15. The van der Waals surface area contributed by atoms with E-state index >= 15 is 0 Å². The van der Waals surface area contributed by atoms with E-state index in [2.05, 4.69) is 26.9 Å². The molecule has 0 saturated carbocycles. The number of hydrogen-bond donors (Lipinski definition) is 3. The lowest BCUT2D eigenvalue weighted by Gasteiger charge is -2.38. The first-order valence-corrected chi connectivity index (χ1v) is 6.80. The summed E-state index contributed by atoms with van der Waals surface area (Å²) in [6, 6.07) is 7.72. The Hall–Kier alpha value is -2.24. The fraction of sp³-hybridized carbons (Fsp3) is 0.429. The molecule has 0 atom stereocenters. The van der Waals surface area contributed by atoms with E-state index in [0.29, 0.717) is 12.8 Å². The number of nitrogens with one attached hydrogen (secondary N) is 3. The second-order valence-corrected chi connectivity index (χ2v) is 5.24. The third-order valence-corrected chi connectivity index (χ3v) is 4.15. The smallest absolute Gasteiger partial charge is 0.322 e. The number of hydrogen-bond acceptors (Lipinski definition) is 4. The van der Waals surface area contributed by atoms with E-state index in [1.165, 1.54) is 0 Å². The normalized spacial score (nSPS) is 20.8. The highest BCUT2D eigenvalue weighted by Gasteiger charge is 2.47. The van der Waals surface area contributed by atoms with Gasteiger partial charge in [-0.05, 0) is 25.0 Å². The van der Waals surface area contributed by atoms with E-state index in [4.69, 9.17) is 0 Å². The quantitative estimate of drug-likeness (QED) is 0.701. The number of para-hydroxylation sites is 2. The average molecular weight is 274 g/mol. The SMILES string of the molecule is CNc1ccccc1N1CCC2(CC1)NC(=O)NC2=O. The number of imide groups is 1. The molecule has 3 rings (SSSR count). The Morgan fingerprint density at radius 2 is 1.90 bits per heavy atom. The van der Waals surface area contributed by atoms with Gasteiger partial charge < -0.3 is 15.5 Å². The van der Waals surface area contributed by atoms with E-state index in [9.17, 15) is 9.59 Å². The summed E-state index contributed by atoms with van der Waals surface area (Å²) in [5.41, 5.74) is 1.50. The van der Waals surface area contributed by atoms with Crippen LogP contribution in [-0.2, 0) is 4.79 Å². The number of anilines is 2.